The van der Waals surface area contributed by atoms with Crippen molar-refractivity contribution in [3.05, 3.63) is 0 Å². The normalized spacial score (nSPS) is 19.7. The van der Waals surface area contributed by atoms with Gasteiger partial charge in [-0.3, -0.25) is 9.59 Å². The topological polar surface area (TPSA) is 83.6 Å². The maximum Gasteiger partial charge on any atom is 0.237 e. The molecule has 1 N–H and O–H groups in total. The van der Waals surface area contributed by atoms with Crippen molar-refractivity contribution in [2.45, 2.75) is 45.6 Å². The molecule has 1 aliphatic rings. The SMILES string of the molecule is CCCS(=O)(=O)CC(=O)N1CCCC(NC(=O)CC)C1. The van der Waals surface area contributed by atoms with E-state index >= 15 is 0 Å². The zero-order valence-electron chi connectivity index (χ0n) is 12.2. The van der Waals surface area contributed by atoms with Gasteiger partial charge < -0.3 is 10.2 Å². The number of carbonyl (C=O) groups is 2. The van der Waals surface area contributed by atoms with Crippen molar-refractivity contribution >= 4 is 21.7 Å². The quantitative estimate of drug-likeness (QED) is 0.766. The molecular weight excluding hydrogens is 280 g/mol. The van der Waals surface area contributed by atoms with E-state index < -0.39 is 15.6 Å². The van der Waals surface area contributed by atoms with Gasteiger partial charge in [-0.2, -0.15) is 0 Å². The molecule has 0 bridgehead atoms. The minimum atomic E-state index is -3.30. The lowest BCUT2D eigenvalue weighted by molar-refractivity contribution is -0.131. The summed E-state index contributed by atoms with van der Waals surface area (Å²) in [6.45, 7) is 4.53. The molecular formula is C13H24N2O4S. The predicted molar refractivity (Wildman–Crippen MR) is 77.0 cm³/mol. The van der Waals surface area contributed by atoms with E-state index in [4.69, 9.17) is 0 Å². The summed E-state index contributed by atoms with van der Waals surface area (Å²) in [6.07, 6.45) is 2.55. The van der Waals surface area contributed by atoms with Crippen LogP contribution in [-0.2, 0) is 19.4 Å². The average molecular weight is 304 g/mol. The van der Waals surface area contributed by atoms with E-state index in [-0.39, 0.29) is 23.6 Å². The van der Waals surface area contributed by atoms with Crippen molar-refractivity contribution in [2.24, 2.45) is 0 Å². The highest BCUT2D eigenvalue weighted by molar-refractivity contribution is 7.92. The summed E-state index contributed by atoms with van der Waals surface area (Å²) in [6, 6.07) is -0.0611. The lowest BCUT2D eigenvalue weighted by Gasteiger charge is -2.33. The average Bonchev–Trinajstić information content (AvgIpc) is 2.38. The molecule has 6 nitrogen and oxygen atoms in total. The molecule has 1 aliphatic heterocycles. The van der Waals surface area contributed by atoms with E-state index in [0.29, 0.717) is 25.9 Å². The van der Waals surface area contributed by atoms with E-state index in [9.17, 15) is 18.0 Å². The van der Waals surface area contributed by atoms with Gasteiger partial charge in [-0.05, 0) is 19.3 Å². The van der Waals surface area contributed by atoms with E-state index in [1.165, 1.54) is 0 Å². The number of hydrogen-bond donors (Lipinski definition) is 1. The van der Waals surface area contributed by atoms with Crippen LogP contribution in [0.25, 0.3) is 0 Å². The number of nitrogens with one attached hydrogen (secondary N) is 1. The summed E-state index contributed by atoms with van der Waals surface area (Å²) in [5.41, 5.74) is 0. The third kappa shape index (κ3) is 5.48. The number of piperidine rings is 1. The molecule has 0 aromatic rings. The van der Waals surface area contributed by atoms with Crippen molar-refractivity contribution in [1.82, 2.24) is 10.2 Å². The van der Waals surface area contributed by atoms with Gasteiger partial charge in [0.2, 0.25) is 11.8 Å². The van der Waals surface area contributed by atoms with Crippen LogP contribution in [-0.4, -0.2) is 55.8 Å². The Hall–Kier alpha value is -1.11. The lowest BCUT2D eigenvalue weighted by Crippen LogP contribution is -2.50. The van der Waals surface area contributed by atoms with Crippen LogP contribution in [0.3, 0.4) is 0 Å². The fourth-order valence-corrected chi connectivity index (χ4v) is 3.64. The van der Waals surface area contributed by atoms with Gasteiger partial charge in [0.25, 0.3) is 0 Å². The number of nitrogens with zero attached hydrogens (tertiary/aromatic N) is 1. The Morgan fingerprint density at radius 2 is 2.00 bits per heavy atom. The van der Waals surface area contributed by atoms with Gasteiger partial charge in [0, 0.05) is 25.6 Å². The molecule has 1 heterocycles. The molecule has 0 saturated carbocycles. The Bertz CT molecular complexity index is 447. The Labute approximate surface area is 120 Å². The second kappa shape index (κ2) is 7.61. The number of hydrogen-bond acceptors (Lipinski definition) is 4. The van der Waals surface area contributed by atoms with Gasteiger partial charge in [-0.15, -0.1) is 0 Å². The highest BCUT2D eigenvalue weighted by Crippen LogP contribution is 2.11. The number of amides is 2. The molecule has 0 aromatic carbocycles. The van der Waals surface area contributed by atoms with Gasteiger partial charge in [0.05, 0.1) is 5.75 Å². The summed E-state index contributed by atoms with van der Waals surface area (Å²) >= 11 is 0. The predicted octanol–water partition coefficient (Wildman–Crippen LogP) is 0.328. The lowest BCUT2D eigenvalue weighted by atomic mass is 10.1. The third-order valence-corrected chi connectivity index (χ3v) is 5.04. The summed E-state index contributed by atoms with van der Waals surface area (Å²) in [7, 11) is -3.30. The van der Waals surface area contributed by atoms with E-state index in [0.717, 1.165) is 12.8 Å². The van der Waals surface area contributed by atoms with E-state index in [1.807, 2.05) is 0 Å². The smallest absolute Gasteiger partial charge is 0.237 e. The molecule has 2 amide bonds. The number of sulfone groups is 1. The molecule has 0 aliphatic carbocycles. The summed E-state index contributed by atoms with van der Waals surface area (Å²) < 4.78 is 23.3. The molecule has 0 radical (unpaired) electrons. The number of carbonyl (C=O) groups excluding carboxylic acids is 2. The van der Waals surface area contributed by atoms with Gasteiger partial charge in [0.1, 0.15) is 5.75 Å². The zero-order chi connectivity index (χ0) is 15.2. The summed E-state index contributed by atoms with van der Waals surface area (Å²) in [5.74, 6) is -0.769. The van der Waals surface area contributed by atoms with Crippen molar-refractivity contribution < 1.29 is 18.0 Å². The molecule has 1 unspecified atom stereocenters. The van der Waals surface area contributed by atoms with Crippen molar-refractivity contribution in [2.75, 3.05) is 24.6 Å². The second-order valence-electron chi connectivity index (χ2n) is 5.19. The number of likely N-dealkylation sites (tertiary alicyclic amines) is 1. The molecule has 0 aromatic heterocycles. The molecule has 0 spiro atoms. The summed E-state index contributed by atoms with van der Waals surface area (Å²) in [4.78, 5) is 24.9. The maximum atomic E-state index is 12.0. The fraction of sp³-hybridized carbons (Fsp3) is 0.846. The Morgan fingerprint density at radius 1 is 1.30 bits per heavy atom. The molecule has 116 valence electrons. The molecule has 7 heteroatoms. The van der Waals surface area contributed by atoms with Crippen LogP contribution in [0.15, 0.2) is 0 Å². The van der Waals surface area contributed by atoms with Crippen LogP contribution < -0.4 is 5.32 Å². The zero-order valence-corrected chi connectivity index (χ0v) is 13.0. The minimum Gasteiger partial charge on any atom is -0.352 e. The van der Waals surface area contributed by atoms with Gasteiger partial charge >= 0.3 is 0 Å². The first-order valence-corrected chi connectivity index (χ1v) is 8.97. The van der Waals surface area contributed by atoms with Crippen LogP contribution in [0, 0.1) is 0 Å². The Balaban J connectivity index is 2.54. The summed E-state index contributed by atoms with van der Waals surface area (Å²) in [5, 5.41) is 2.86. The molecule has 20 heavy (non-hydrogen) atoms. The van der Waals surface area contributed by atoms with Gasteiger partial charge in [-0.25, -0.2) is 8.42 Å². The van der Waals surface area contributed by atoms with Crippen LogP contribution in [0.2, 0.25) is 0 Å². The molecule has 1 atom stereocenters. The minimum absolute atomic E-state index is 0.0390. The first-order valence-electron chi connectivity index (χ1n) is 7.15. The highest BCUT2D eigenvalue weighted by atomic mass is 32.2. The second-order valence-corrected chi connectivity index (χ2v) is 7.38. The van der Waals surface area contributed by atoms with Crippen LogP contribution >= 0.6 is 0 Å². The monoisotopic (exact) mass is 304 g/mol. The maximum absolute atomic E-state index is 12.0. The third-order valence-electron chi connectivity index (χ3n) is 3.32. The molecule has 1 fully saturated rings. The molecule has 1 rings (SSSR count). The van der Waals surface area contributed by atoms with Gasteiger partial charge in [0.15, 0.2) is 9.84 Å². The van der Waals surface area contributed by atoms with Crippen molar-refractivity contribution in [1.29, 1.82) is 0 Å². The fourth-order valence-electron chi connectivity index (χ4n) is 2.31. The highest BCUT2D eigenvalue weighted by Gasteiger charge is 2.27. The largest absolute Gasteiger partial charge is 0.352 e. The first kappa shape index (κ1) is 16.9. The van der Waals surface area contributed by atoms with Crippen molar-refractivity contribution in [3.63, 3.8) is 0 Å². The first-order chi connectivity index (χ1) is 9.38. The van der Waals surface area contributed by atoms with Crippen LogP contribution in [0.4, 0.5) is 0 Å². The Morgan fingerprint density at radius 3 is 2.60 bits per heavy atom. The van der Waals surface area contributed by atoms with Crippen LogP contribution in [0.5, 0.6) is 0 Å². The van der Waals surface area contributed by atoms with E-state index in [1.54, 1.807) is 18.7 Å². The standard InChI is InChI=1S/C13H24N2O4S/c1-3-8-20(18,19)10-13(17)15-7-5-6-11(9-15)14-12(16)4-2/h11H,3-10H2,1-2H3,(H,14,16). The van der Waals surface area contributed by atoms with Gasteiger partial charge in [-0.1, -0.05) is 13.8 Å². The Kier molecular flexibility index (Phi) is 6.45. The molecule has 1 saturated heterocycles. The van der Waals surface area contributed by atoms with Crippen molar-refractivity contribution in [3.8, 4) is 0 Å². The van der Waals surface area contributed by atoms with Crippen LogP contribution in [0.1, 0.15) is 39.5 Å². The number of rotatable bonds is 6. The van der Waals surface area contributed by atoms with E-state index in [2.05, 4.69) is 5.32 Å².